The molecule has 0 radical (unpaired) electrons. The fourth-order valence-corrected chi connectivity index (χ4v) is 3.14. The van der Waals surface area contributed by atoms with Gasteiger partial charge in [0.15, 0.2) is 6.23 Å². The summed E-state index contributed by atoms with van der Waals surface area (Å²) in [6.45, 7) is -0.460. The number of rotatable bonds is 2. The molecule has 5 N–H and O–H groups in total. The summed E-state index contributed by atoms with van der Waals surface area (Å²) >= 11 is 1.33. The van der Waals surface area contributed by atoms with Crippen molar-refractivity contribution in [3.63, 3.8) is 0 Å². The van der Waals surface area contributed by atoms with Crippen LogP contribution >= 0.6 is 11.3 Å². The third kappa shape index (κ3) is 1.83. The van der Waals surface area contributed by atoms with Gasteiger partial charge in [-0.05, 0) is 0 Å². The van der Waals surface area contributed by atoms with Crippen molar-refractivity contribution in [2.24, 2.45) is 0 Å². The van der Waals surface area contributed by atoms with Crippen LogP contribution in [-0.4, -0.2) is 49.8 Å². The van der Waals surface area contributed by atoms with Crippen LogP contribution in [0.2, 0.25) is 0 Å². The molecule has 4 atom stereocenters. The van der Waals surface area contributed by atoms with Crippen molar-refractivity contribution in [1.29, 1.82) is 0 Å². The molecule has 1 saturated heterocycles. The zero-order valence-corrected chi connectivity index (χ0v) is 11.0. The SMILES string of the molecule is Nc1nc(=O)n([C@@H]2O[C@H](CO)[C@@H](O)[C@H]2O)c2cscc12. The highest BCUT2D eigenvalue weighted by Gasteiger charge is 2.44. The molecule has 1 aliphatic rings. The minimum atomic E-state index is -1.33. The van der Waals surface area contributed by atoms with Gasteiger partial charge in [0.2, 0.25) is 0 Å². The van der Waals surface area contributed by atoms with Crippen LogP contribution in [0.4, 0.5) is 5.82 Å². The van der Waals surface area contributed by atoms with Gasteiger partial charge in [0.05, 0.1) is 17.5 Å². The third-order valence-corrected chi connectivity index (χ3v) is 4.10. The highest BCUT2D eigenvalue weighted by atomic mass is 32.1. The van der Waals surface area contributed by atoms with Gasteiger partial charge in [-0.1, -0.05) is 0 Å². The minimum absolute atomic E-state index is 0.106. The lowest BCUT2D eigenvalue weighted by Crippen LogP contribution is -2.36. The average Bonchev–Trinajstić information content (AvgIpc) is 2.99. The third-order valence-electron chi connectivity index (χ3n) is 3.37. The van der Waals surface area contributed by atoms with E-state index in [-0.39, 0.29) is 5.82 Å². The summed E-state index contributed by atoms with van der Waals surface area (Å²) in [6, 6.07) is 0. The standard InChI is InChI=1S/C11H13N3O5S/c12-9-4-2-20-3-5(4)14(11(18)13-9)10-8(17)7(16)6(1-15)19-10/h2-3,6-8,10,15-17H,1H2,(H2,12,13,18)/t6-,7-,8-,10-/m1/s1. The van der Waals surface area contributed by atoms with Crippen LogP contribution in [-0.2, 0) is 4.74 Å². The monoisotopic (exact) mass is 299 g/mol. The van der Waals surface area contributed by atoms with E-state index in [2.05, 4.69) is 4.98 Å². The topological polar surface area (TPSA) is 131 Å². The molecule has 0 aromatic carbocycles. The van der Waals surface area contributed by atoms with Crippen molar-refractivity contribution >= 4 is 28.1 Å². The van der Waals surface area contributed by atoms with E-state index in [1.165, 1.54) is 11.3 Å². The van der Waals surface area contributed by atoms with Gasteiger partial charge in [-0.3, -0.25) is 4.57 Å². The van der Waals surface area contributed by atoms with E-state index < -0.39 is 36.8 Å². The van der Waals surface area contributed by atoms with Gasteiger partial charge < -0.3 is 25.8 Å². The number of nitrogens with two attached hydrogens (primary N) is 1. The maximum atomic E-state index is 12.0. The molecule has 1 aliphatic heterocycles. The van der Waals surface area contributed by atoms with Crippen molar-refractivity contribution in [2.45, 2.75) is 24.5 Å². The Morgan fingerprint density at radius 2 is 2.15 bits per heavy atom. The molecule has 2 aromatic rings. The van der Waals surface area contributed by atoms with Crippen LogP contribution in [0.15, 0.2) is 15.6 Å². The number of thiophene rings is 1. The Labute approximate surface area is 116 Å². The molecule has 3 rings (SSSR count). The smallest absolute Gasteiger partial charge is 0.352 e. The molecule has 3 heterocycles. The number of hydrogen-bond acceptors (Lipinski definition) is 8. The Kier molecular flexibility index (Phi) is 3.22. The van der Waals surface area contributed by atoms with Crippen LogP contribution in [0.5, 0.6) is 0 Å². The fourth-order valence-electron chi connectivity index (χ4n) is 2.33. The zero-order chi connectivity index (χ0) is 14.4. The molecule has 8 nitrogen and oxygen atoms in total. The van der Waals surface area contributed by atoms with Gasteiger partial charge in [0.25, 0.3) is 0 Å². The molecular formula is C11H13N3O5S. The first-order chi connectivity index (χ1) is 9.54. The molecule has 1 fully saturated rings. The molecule has 20 heavy (non-hydrogen) atoms. The maximum Gasteiger partial charge on any atom is 0.352 e. The van der Waals surface area contributed by atoms with Gasteiger partial charge in [-0.15, -0.1) is 11.3 Å². The Balaban J connectivity index is 2.16. The number of aliphatic hydroxyl groups is 3. The van der Waals surface area contributed by atoms with Gasteiger partial charge in [0.1, 0.15) is 24.1 Å². The maximum absolute atomic E-state index is 12.0. The number of ether oxygens (including phenoxy) is 1. The fraction of sp³-hybridized carbons (Fsp3) is 0.455. The van der Waals surface area contributed by atoms with Gasteiger partial charge in [0, 0.05) is 10.8 Å². The number of fused-ring (bicyclic) bond motifs is 1. The van der Waals surface area contributed by atoms with Crippen molar-refractivity contribution in [3.8, 4) is 0 Å². The van der Waals surface area contributed by atoms with E-state index in [1.54, 1.807) is 10.8 Å². The van der Waals surface area contributed by atoms with Crippen molar-refractivity contribution in [2.75, 3.05) is 12.3 Å². The Hall–Kier alpha value is -1.52. The largest absolute Gasteiger partial charge is 0.394 e. The first kappa shape index (κ1) is 13.5. The van der Waals surface area contributed by atoms with Gasteiger partial charge in [-0.25, -0.2) is 4.79 Å². The number of anilines is 1. The number of nitrogens with zero attached hydrogens (tertiary/aromatic N) is 2. The molecule has 2 aromatic heterocycles. The van der Waals surface area contributed by atoms with Gasteiger partial charge >= 0.3 is 5.69 Å². The summed E-state index contributed by atoms with van der Waals surface area (Å²) in [7, 11) is 0. The van der Waals surface area contributed by atoms with E-state index in [4.69, 9.17) is 15.6 Å². The Bertz CT molecular complexity index is 699. The number of nitrogen functional groups attached to an aromatic ring is 1. The van der Waals surface area contributed by atoms with Crippen LogP contribution in [0.25, 0.3) is 10.9 Å². The predicted octanol–water partition coefficient (Wildman–Crippen LogP) is -1.35. The Morgan fingerprint density at radius 3 is 2.80 bits per heavy atom. The summed E-state index contributed by atoms with van der Waals surface area (Å²) in [5, 5.41) is 32.8. The molecule has 0 spiro atoms. The second kappa shape index (κ2) is 4.79. The quantitative estimate of drug-likeness (QED) is 0.539. The molecular weight excluding hydrogens is 286 g/mol. The highest BCUT2D eigenvalue weighted by molar-refractivity contribution is 7.09. The molecule has 9 heteroatoms. The second-order valence-electron chi connectivity index (χ2n) is 4.55. The van der Waals surface area contributed by atoms with Crippen LogP contribution in [0.1, 0.15) is 6.23 Å². The first-order valence-electron chi connectivity index (χ1n) is 5.91. The summed E-state index contributed by atoms with van der Waals surface area (Å²) in [4.78, 5) is 15.7. The van der Waals surface area contributed by atoms with E-state index in [9.17, 15) is 15.0 Å². The molecule has 0 unspecified atom stereocenters. The van der Waals surface area contributed by atoms with E-state index in [0.717, 1.165) is 4.57 Å². The lowest BCUT2D eigenvalue weighted by Gasteiger charge is -2.18. The molecule has 0 saturated carbocycles. The Morgan fingerprint density at radius 1 is 1.40 bits per heavy atom. The van der Waals surface area contributed by atoms with E-state index in [0.29, 0.717) is 10.9 Å². The second-order valence-corrected chi connectivity index (χ2v) is 5.29. The number of hydrogen-bond donors (Lipinski definition) is 4. The molecule has 0 aliphatic carbocycles. The van der Waals surface area contributed by atoms with Crippen molar-refractivity contribution < 1.29 is 20.1 Å². The minimum Gasteiger partial charge on any atom is -0.394 e. The number of aromatic nitrogens is 2. The lowest BCUT2D eigenvalue weighted by atomic mass is 10.1. The normalized spacial score (nSPS) is 30.1. The summed E-state index contributed by atoms with van der Waals surface area (Å²) in [5.74, 6) is 0.106. The van der Waals surface area contributed by atoms with Crippen LogP contribution < -0.4 is 11.4 Å². The summed E-state index contributed by atoms with van der Waals surface area (Å²) < 4.78 is 6.50. The molecule has 108 valence electrons. The van der Waals surface area contributed by atoms with Crippen LogP contribution in [0, 0.1) is 0 Å². The average molecular weight is 299 g/mol. The highest BCUT2D eigenvalue weighted by Crippen LogP contribution is 2.32. The van der Waals surface area contributed by atoms with E-state index in [1.807, 2.05) is 0 Å². The molecule has 0 bridgehead atoms. The zero-order valence-electron chi connectivity index (χ0n) is 10.2. The van der Waals surface area contributed by atoms with Gasteiger partial charge in [-0.2, -0.15) is 4.98 Å². The first-order valence-corrected chi connectivity index (χ1v) is 6.85. The summed E-state index contributed by atoms with van der Waals surface area (Å²) in [5.41, 5.74) is 5.47. The summed E-state index contributed by atoms with van der Waals surface area (Å²) in [6.07, 6.45) is -4.67. The lowest BCUT2D eigenvalue weighted by molar-refractivity contribution is -0.0526. The number of aliphatic hydroxyl groups excluding tert-OH is 3. The van der Waals surface area contributed by atoms with Crippen molar-refractivity contribution in [1.82, 2.24) is 9.55 Å². The molecule has 0 amide bonds. The van der Waals surface area contributed by atoms with E-state index >= 15 is 0 Å². The van der Waals surface area contributed by atoms with Crippen molar-refractivity contribution in [3.05, 3.63) is 21.2 Å². The van der Waals surface area contributed by atoms with Crippen LogP contribution in [0.3, 0.4) is 0 Å². The predicted molar refractivity (Wildman–Crippen MR) is 71.3 cm³/mol.